The van der Waals surface area contributed by atoms with Crippen molar-refractivity contribution >= 4 is 21.6 Å². The predicted molar refractivity (Wildman–Crippen MR) is 100.0 cm³/mol. The van der Waals surface area contributed by atoms with Gasteiger partial charge in [-0.3, -0.25) is 0 Å². The number of rotatable bonds is 6. The van der Waals surface area contributed by atoms with Gasteiger partial charge in [0.1, 0.15) is 0 Å². The third kappa shape index (κ3) is 5.07. The highest BCUT2D eigenvalue weighted by Gasteiger charge is 2.18. The first-order valence-corrected chi connectivity index (χ1v) is 9.91. The summed E-state index contributed by atoms with van der Waals surface area (Å²) in [6.07, 6.45) is 0.533. The second-order valence-corrected chi connectivity index (χ2v) is 9.13. The topological polar surface area (TPSA) is 46.2 Å². The molecule has 1 atom stereocenters. The van der Waals surface area contributed by atoms with E-state index in [1.165, 1.54) is 0 Å². The van der Waals surface area contributed by atoms with Gasteiger partial charge in [0.25, 0.3) is 0 Å². The Hall–Kier alpha value is -1.36. The van der Waals surface area contributed by atoms with Crippen LogP contribution in [0.3, 0.4) is 0 Å². The number of hydrogen-bond acceptors (Lipinski definition) is 2. The van der Waals surface area contributed by atoms with Gasteiger partial charge in [0.05, 0.1) is 10.3 Å². The third-order valence-corrected chi connectivity index (χ3v) is 5.83. The lowest BCUT2D eigenvalue weighted by Gasteiger charge is -2.19. The lowest BCUT2D eigenvalue weighted by molar-refractivity contribution is 0.575. The van der Waals surface area contributed by atoms with Gasteiger partial charge < -0.3 is 0 Å². The van der Waals surface area contributed by atoms with Crippen LogP contribution in [0.5, 0.6) is 0 Å². The Kier molecular flexibility index (Phi) is 6.07. The predicted octanol–water partition coefficient (Wildman–Crippen LogP) is 4.63. The van der Waals surface area contributed by atoms with Gasteiger partial charge in [-0.2, -0.15) is 0 Å². The average molecular weight is 366 g/mol. The molecule has 0 radical (unpaired) electrons. The van der Waals surface area contributed by atoms with Gasteiger partial charge in [0.15, 0.2) is 0 Å². The number of halogens is 1. The van der Waals surface area contributed by atoms with Crippen molar-refractivity contribution in [3.8, 4) is 0 Å². The van der Waals surface area contributed by atoms with Gasteiger partial charge >= 0.3 is 0 Å². The minimum atomic E-state index is -3.51. The van der Waals surface area contributed by atoms with Gasteiger partial charge in [-0.15, -0.1) is 11.6 Å². The van der Waals surface area contributed by atoms with E-state index in [9.17, 15) is 8.42 Å². The first-order chi connectivity index (χ1) is 11.2. The summed E-state index contributed by atoms with van der Waals surface area (Å²) in [5.41, 5.74) is 2.09. The van der Waals surface area contributed by atoms with E-state index in [1.807, 2.05) is 42.5 Å². The van der Waals surface area contributed by atoms with Crippen molar-refractivity contribution in [2.75, 3.05) is 6.54 Å². The highest BCUT2D eigenvalue weighted by molar-refractivity contribution is 7.89. The molecular weight excluding hydrogens is 342 g/mol. The quantitative estimate of drug-likeness (QED) is 0.758. The smallest absolute Gasteiger partial charge is 0.211 e. The van der Waals surface area contributed by atoms with Gasteiger partial charge in [-0.1, -0.05) is 63.2 Å². The fourth-order valence-electron chi connectivity index (χ4n) is 2.37. The molecule has 2 rings (SSSR count). The first kappa shape index (κ1) is 19.0. The van der Waals surface area contributed by atoms with Gasteiger partial charge in [0.2, 0.25) is 10.0 Å². The van der Waals surface area contributed by atoms with Crippen LogP contribution in [0.25, 0.3) is 0 Å². The number of hydrogen-bond donors (Lipinski definition) is 1. The van der Waals surface area contributed by atoms with Crippen LogP contribution in [0.2, 0.25) is 0 Å². The zero-order valence-electron chi connectivity index (χ0n) is 14.3. The second-order valence-electron chi connectivity index (χ2n) is 6.84. The van der Waals surface area contributed by atoms with Gasteiger partial charge in [-0.25, -0.2) is 13.1 Å². The fourth-order valence-corrected chi connectivity index (χ4v) is 3.67. The molecule has 3 nitrogen and oxygen atoms in total. The van der Waals surface area contributed by atoms with E-state index < -0.39 is 10.0 Å². The molecule has 0 bridgehead atoms. The largest absolute Gasteiger partial charge is 0.240 e. The monoisotopic (exact) mass is 365 g/mol. The van der Waals surface area contributed by atoms with Crippen LogP contribution in [0.4, 0.5) is 0 Å². The molecule has 0 saturated carbocycles. The summed E-state index contributed by atoms with van der Waals surface area (Å²) in [6.45, 7) is 6.59. The maximum atomic E-state index is 12.4. The van der Waals surface area contributed by atoms with Gasteiger partial charge in [0, 0.05) is 6.54 Å². The molecule has 130 valence electrons. The number of benzene rings is 2. The molecule has 0 heterocycles. The fraction of sp³-hybridized carbons (Fsp3) is 0.368. The summed E-state index contributed by atoms with van der Waals surface area (Å²) in [5.74, 6) is 0. The van der Waals surface area contributed by atoms with E-state index in [0.717, 1.165) is 11.1 Å². The first-order valence-electron chi connectivity index (χ1n) is 7.99. The van der Waals surface area contributed by atoms with Crippen LogP contribution in [0, 0.1) is 0 Å². The standard InChI is InChI=1S/C19H24ClNO2S/c1-19(2,3)16-9-11-17(12-10-16)24(22,23)21-14-13-18(20)15-7-5-4-6-8-15/h4-12,18,21H,13-14H2,1-3H3. The summed E-state index contributed by atoms with van der Waals surface area (Å²) in [6, 6.07) is 16.7. The van der Waals surface area contributed by atoms with Gasteiger partial charge in [-0.05, 0) is 35.1 Å². The molecule has 0 fully saturated rings. The van der Waals surface area contributed by atoms with Crippen LogP contribution >= 0.6 is 11.6 Å². The lowest BCUT2D eigenvalue weighted by Crippen LogP contribution is -2.25. The number of nitrogens with one attached hydrogen (secondary N) is 1. The Morgan fingerprint density at radius 3 is 2.12 bits per heavy atom. The minimum Gasteiger partial charge on any atom is -0.211 e. The number of alkyl halides is 1. The Morgan fingerprint density at radius 2 is 1.58 bits per heavy atom. The minimum absolute atomic E-state index is 0.00273. The third-order valence-electron chi connectivity index (χ3n) is 3.88. The molecule has 0 aromatic heterocycles. The Balaban J connectivity index is 1.96. The molecule has 2 aromatic carbocycles. The van der Waals surface area contributed by atoms with Crippen molar-refractivity contribution < 1.29 is 8.42 Å². The molecule has 5 heteroatoms. The maximum Gasteiger partial charge on any atom is 0.240 e. The Bertz CT molecular complexity index is 750. The molecular formula is C19H24ClNO2S. The molecule has 0 spiro atoms. The Morgan fingerprint density at radius 1 is 1.00 bits per heavy atom. The summed E-state index contributed by atoms with van der Waals surface area (Å²) in [4.78, 5) is 0.279. The normalized spacial score (nSPS) is 13.7. The Labute approximate surface area is 150 Å². The molecule has 2 aromatic rings. The zero-order valence-corrected chi connectivity index (χ0v) is 15.9. The molecule has 1 N–H and O–H groups in total. The van der Waals surface area contributed by atoms with E-state index in [0.29, 0.717) is 13.0 Å². The van der Waals surface area contributed by atoms with Crippen molar-refractivity contribution in [2.24, 2.45) is 0 Å². The van der Waals surface area contributed by atoms with Crippen molar-refractivity contribution in [1.29, 1.82) is 0 Å². The van der Waals surface area contributed by atoms with Crippen molar-refractivity contribution in [1.82, 2.24) is 4.72 Å². The zero-order chi connectivity index (χ0) is 17.8. The highest BCUT2D eigenvalue weighted by Crippen LogP contribution is 2.25. The SMILES string of the molecule is CC(C)(C)c1ccc(S(=O)(=O)NCCC(Cl)c2ccccc2)cc1. The van der Waals surface area contributed by atoms with Crippen LogP contribution in [0.15, 0.2) is 59.5 Å². The van der Waals surface area contributed by atoms with E-state index >= 15 is 0 Å². The van der Waals surface area contributed by atoms with Crippen LogP contribution in [0.1, 0.15) is 43.7 Å². The highest BCUT2D eigenvalue weighted by atomic mass is 35.5. The second kappa shape index (κ2) is 7.68. The maximum absolute atomic E-state index is 12.4. The molecule has 0 aliphatic heterocycles. The number of sulfonamides is 1. The van der Waals surface area contributed by atoms with E-state index in [2.05, 4.69) is 25.5 Å². The molecule has 1 unspecified atom stereocenters. The molecule has 0 amide bonds. The summed E-state index contributed by atoms with van der Waals surface area (Å²) in [7, 11) is -3.51. The molecule has 0 aliphatic rings. The van der Waals surface area contributed by atoms with Crippen LogP contribution in [-0.4, -0.2) is 15.0 Å². The van der Waals surface area contributed by atoms with E-state index in [4.69, 9.17) is 11.6 Å². The van der Waals surface area contributed by atoms with Crippen LogP contribution in [-0.2, 0) is 15.4 Å². The molecule has 0 aliphatic carbocycles. The summed E-state index contributed by atoms with van der Waals surface area (Å²) in [5, 5.41) is -0.211. The summed E-state index contributed by atoms with van der Waals surface area (Å²) < 4.78 is 27.3. The van der Waals surface area contributed by atoms with Crippen molar-refractivity contribution in [2.45, 2.75) is 42.9 Å². The van der Waals surface area contributed by atoms with E-state index in [-0.39, 0.29) is 15.7 Å². The molecule has 0 saturated heterocycles. The lowest BCUT2D eigenvalue weighted by atomic mass is 9.87. The van der Waals surface area contributed by atoms with Crippen molar-refractivity contribution in [3.05, 3.63) is 65.7 Å². The molecule has 24 heavy (non-hydrogen) atoms. The average Bonchev–Trinajstić information content (AvgIpc) is 2.55. The van der Waals surface area contributed by atoms with Crippen LogP contribution < -0.4 is 4.72 Å². The van der Waals surface area contributed by atoms with E-state index in [1.54, 1.807) is 12.1 Å². The summed E-state index contributed by atoms with van der Waals surface area (Å²) >= 11 is 6.32. The van der Waals surface area contributed by atoms with Crippen molar-refractivity contribution in [3.63, 3.8) is 0 Å².